The van der Waals surface area contributed by atoms with Gasteiger partial charge in [-0.05, 0) is 31.0 Å². The van der Waals surface area contributed by atoms with E-state index in [1.807, 2.05) is 11.0 Å². The Morgan fingerprint density at radius 2 is 1.67 bits per heavy atom. The molecule has 3 aliphatic rings. The number of halogens is 1. The average Bonchev–Trinajstić information content (AvgIpc) is 3.23. The summed E-state index contributed by atoms with van der Waals surface area (Å²) in [7, 11) is 0. The van der Waals surface area contributed by atoms with Crippen molar-refractivity contribution in [2.45, 2.75) is 31.7 Å². The minimum Gasteiger partial charge on any atom is -0.369 e. The fourth-order valence-corrected chi connectivity index (χ4v) is 4.73. The van der Waals surface area contributed by atoms with Gasteiger partial charge in [0.05, 0.1) is 6.54 Å². The van der Waals surface area contributed by atoms with Crippen molar-refractivity contribution in [2.24, 2.45) is 0 Å². The van der Waals surface area contributed by atoms with Crippen LogP contribution >= 0.6 is 0 Å². The van der Waals surface area contributed by atoms with Gasteiger partial charge in [-0.3, -0.25) is 14.6 Å². The molecular weight excluding hydrogens is 343 g/mol. The van der Waals surface area contributed by atoms with Gasteiger partial charge in [-0.2, -0.15) is 0 Å². The van der Waals surface area contributed by atoms with Crippen LogP contribution in [0, 0.1) is 5.82 Å². The van der Waals surface area contributed by atoms with Crippen molar-refractivity contribution in [1.29, 1.82) is 0 Å². The van der Waals surface area contributed by atoms with Crippen LogP contribution in [0.15, 0.2) is 24.3 Å². The Balaban J connectivity index is 1.20. The van der Waals surface area contributed by atoms with Crippen molar-refractivity contribution in [1.82, 2.24) is 14.7 Å². The highest BCUT2D eigenvalue weighted by Crippen LogP contribution is 2.24. The summed E-state index contributed by atoms with van der Waals surface area (Å²) in [6.45, 7) is 7.71. The lowest BCUT2D eigenvalue weighted by molar-refractivity contribution is -0.134. The van der Waals surface area contributed by atoms with Crippen LogP contribution in [0.3, 0.4) is 0 Å². The molecule has 2 aliphatic heterocycles. The van der Waals surface area contributed by atoms with E-state index in [-0.39, 0.29) is 11.7 Å². The zero-order valence-electron chi connectivity index (χ0n) is 16.2. The predicted molar refractivity (Wildman–Crippen MR) is 105 cm³/mol. The number of rotatable bonds is 4. The Bertz CT molecular complexity index is 633. The number of benzene rings is 1. The molecule has 0 N–H and O–H groups in total. The van der Waals surface area contributed by atoms with E-state index in [1.165, 1.54) is 31.7 Å². The van der Waals surface area contributed by atoms with Gasteiger partial charge in [-0.15, -0.1) is 0 Å². The van der Waals surface area contributed by atoms with Gasteiger partial charge in [0.15, 0.2) is 0 Å². The van der Waals surface area contributed by atoms with Crippen molar-refractivity contribution in [3.8, 4) is 0 Å². The van der Waals surface area contributed by atoms with Crippen molar-refractivity contribution < 1.29 is 9.18 Å². The highest BCUT2D eigenvalue weighted by molar-refractivity contribution is 5.78. The maximum Gasteiger partial charge on any atom is 0.236 e. The maximum atomic E-state index is 13.4. The highest BCUT2D eigenvalue weighted by Gasteiger charge is 2.29. The summed E-state index contributed by atoms with van der Waals surface area (Å²) in [5, 5.41) is 0. The average molecular weight is 375 g/mol. The van der Waals surface area contributed by atoms with E-state index in [0.717, 1.165) is 64.1 Å². The molecule has 4 rings (SSSR count). The molecule has 0 radical (unpaired) electrons. The van der Waals surface area contributed by atoms with Gasteiger partial charge in [0, 0.05) is 64.1 Å². The van der Waals surface area contributed by atoms with Crippen LogP contribution in [0.5, 0.6) is 0 Å². The number of amides is 1. The van der Waals surface area contributed by atoms with Gasteiger partial charge in [0.25, 0.3) is 0 Å². The molecule has 0 bridgehead atoms. The van der Waals surface area contributed by atoms with Crippen LogP contribution in [0.1, 0.15) is 25.7 Å². The zero-order valence-corrected chi connectivity index (χ0v) is 16.2. The standard InChI is InChI=1S/C21H31FN4O/c22-18-4-3-7-20(16-18)25-10-8-23(9-11-25)17-21(27)26-14-12-24(13-15-26)19-5-1-2-6-19/h3-4,7,16,19H,1-2,5-6,8-15,17H2. The lowest BCUT2D eigenvalue weighted by Crippen LogP contribution is -2.55. The molecule has 1 aromatic rings. The van der Waals surface area contributed by atoms with Crippen LogP contribution in [0.2, 0.25) is 0 Å². The van der Waals surface area contributed by atoms with Crippen LogP contribution in [-0.2, 0) is 4.79 Å². The number of hydrogen-bond donors (Lipinski definition) is 0. The first-order valence-electron chi connectivity index (χ1n) is 10.4. The first-order valence-corrected chi connectivity index (χ1v) is 10.4. The van der Waals surface area contributed by atoms with E-state index in [9.17, 15) is 9.18 Å². The first-order chi connectivity index (χ1) is 13.2. The largest absolute Gasteiger partial charge is 0.369 e. The van der Waals surface area contributed by atoms with Gasteiger partial charge in [0.2, 0.25) is 5.91 Å². The molecule has 6 heteroatoms. The SMILES string of the molecule is O=C(CN1CCN(c2cccc(F)c2)CC1)N1CCN(C2CCCC2)CC1. The van der Waals surface area contributed by atoms with Gasteiger partial charge in [-0.25, -0.2) is 4.39 Å². The minimum absolute atomic E-state index is 0.193. The van der Waals surface area contributed by atoms with Gasteiger partial charge >= 0.3 is 0 Å². The molecule has 148 valence electrons. The molecule has 0 spiro atoms. The summed E-state index contributed by atoms with van der Waals surface area (Å²) in [5.74, 6) is 0.0714. The Morgan fingerprint density at radius 3 is 2.33 bits per heavy atom. The van der Waals surface area contributed by atoms with Gasteiger partial charge in [-0.1, -0.05) is 18.9 Å². The van der Waals surface area contributed by atoms with Crippen molar-refractivity contribution in [2.75, 3.05) is 63.8 Å². The van der Waals surface area contributed by atoms with Crippen LogP contribution in [-0.4, -0.2) is 85.6 Å². The summed E-state index contributed by atoms with van der Waals surface area (Å²) in [6, 6.07) is 7.54. The summed E-state index contributed by atoms with van der Waals surface area (Å²) >= 11 is 0. The molecule has 2 saturated heterocycles. The topological polar surface area (TPSA) is 30.0 Å². The van der Waals surface area contributed by atoms with Crippen molar-refractivity contribution >= 4 is 11.6 Å². The van der Waals surface area contributed by atoms with E-state index in [1.54, 1.807) is 12.1 Å². The smallest absolute Gasteiger partial charge is 0.236 e. The second-order valence-electron chi connectivity index (χ2n) is 8.10. The number of carbonyl (C=O) groups is 1. The Morgan fingerprint density at radius 1 is 0.963 bits per heavy atom. The van der Waals surface area contributed by atoms with Crippen molar-refractivity contribution in [3.63, 3.8) is 0 Å². The van der Waals surface area contributed by atoms with Gasteiger partial charge < -0.3 is 9.80 Å². The molecular formula is C21H31FN4O. The number of hydrogen-bond acceptors (Lipinski definition) is 4. The second kappa shape index (κ2) is 8.57. The van der Waals surface area contributed by atoms with E-state index in [2.05, 4.69) is 14.7 Å². The molecule has 1 saturated carbocycles. The van der Waals surface area contributed by atoms with Crippen LogP contribution in [0.4, 0.5) is 10.1 Å². The molecule has 0 aromatic heterocycles. The third-order valence-corrected chi connectivity index (χ3v) is 6.41. The van der Waals surface area contributed by atoms with E-state index < -0.39 is 0 Å². The first kappa shape index (κ1) is 18.7. The number of carbonyl (C=O) groups excluding carboxylic acids is 1. The maximum absolute atomic E-state index is 13.4. The van der Waals surface area contributed by atoms with E-state index in [4.69, 9.17) is 0 Å². The van der Waals surface area contributed by atoms with E-state index >= 15 is 0 Å². The van der Waals surface area contributed by atoms with Crippen LogP contribution in [0.25, 0.3) is 0 Å². The molecule has 27 heavy (non-hydrogen) atoms. The Labute approximate surface area is 161 Å². The molecule has 0 unspecified atom stereocenters. The van der Waals surface area contributed by atoms with Gasteiger partial charge in [0.1, 0.15) is 5.82 Å². The third-order valence-electron chi connectivity index (χ3n) is 6.41. The number of nitrogens with zero attached hydrogens (tertiary/aromatic N) is 4. The van der Waals surface area contributed by atoms with Crippen LogP contribution < -0.4 is 4.90 Å². The highest BCUT2D eigenvalue weighted by atomic mass is 19.1. The van der Waals surface area contributed by atoms with Crippen molar-refractivity contribution in [3.05, 3.63) is 30.1 Å². The van der Waals surface area contributed by atoms with E-state index in [0.29, 0.717) is 6.54 Å². The normalized spacial score (nSPS) is 23.1. The molecule has 1 aliphatic carbocycles. The summed E-state index contributed by atoms with van der Waals surface area (Å²) in [5.41, 5.74) is 0.934. The second-order valence-corrected chi connectivity index (χ2v) is 8.10. The molecule has 0 atom stereocenters. The zero-order chi connectivity index (χ0) is 18.6. The fraction of sp³-hybridized carbons (Fsp3) is 0.667. The minimum atomic E-state index is -0.193. The molecule has 1 aromatic carbocycles. The number of anilines is 1. The fourth-order valence-electron chi connectivity index (χ4n) is 4.73. The summed E-state index contributed by atoms with van der Waals surface area (Å²) in [4.78, 5) is 21.8. The molecule has 5 nitrogen and oxygen atoms in total. The molecule has 2 heterocycles. The molecule has 3 fully saturated rings. The third kappa shape index (κ3) is 4.61. The molecule has 1 amide bonds. The predicted octanol–water partition coefficient (Wildman–Crippen LogP) is 2.03. The lowest BCUT2D eigenvalue weighted by Gasteiger charge is -2.40. The monoisotopic (exact) mass is 374 g/mol. The Kier molecular flexibility index (Phi) is 5.93. The summed E-state index contributed by atoms with van der Waals surface area (Å²) in [6.07, 6.45) is 5.41. The summed E-state index contributed by atoms with van der Waals surface area (Å²) < 4.78 is 13.4. The lowest BCUT2D eigenvalue weighted by atomic mass is 10.2. The Hall–Kier alpha value is -1.66. The number of piperazine rings is 2. The quantitative estimate of drug-likeness (QED) is 0.807.